The van der Waals surface area contributed by atoms with Crippen molar-refractivity contribution in [2.24, 2.45) is 5.92 Å². The molecule has 2 unspecified atom stereocenters. The average Bonchev–Trinajstić information content (AvgIpc) is 2.44. The van der Waals surface area contributed by atoms with Crippen LogP contribution in [0.2, 0.25) is 0 Å². The molecule has 0 radical (unpaired) electrons. The van der Waals surface area contributed by atoms with Crippen LogP contribution in [-0.4, -0.2) is 27.7 Å². The summed E-state index contributed by atoms with van der Waals surface area (Å²) in [6, 6.07) is 4.51. The van der Waals surface area contributed by atoms with Gasteiger partial charge in [0.2, 0.25) is 5.69 Å². The number of rotatable bonds is 4. The van der Waals surface area contributed by atoms with Crippen LogP contribution >= 0.6 is 0 Å². The quantitative estimate of drug-likeness (QED) is 0.640. The van der Waals surface area contributed by atoms with Crippen molar-refractivity contribution >= 4 is 11.5 Å². The molecule has 106 valence electrons. The second kappa shape index (κ2) is 6.30. The Labute approximate surface area is 116 Å². The monoisotopic (exact) mass is 276 g/mol. The largest absolute Gasteiger partial charge is 0.393 e. The molecule has 2 rings (SSSR count). The maximum absolute atomic E-state index is 10.7. The van der Waals surface area contributed by atoms with E-state index in [9.17, 15) is 15.2 Å². The van der Waals surface area contributed by atoms with Gasteiger partial charge in [-0.15, -0.1) is 0 Å². The number of pyridine rings is 1. The van der Waals surface area contributed by atoms with E-state index < -0.39 is 4.92 Å². The van der Waals surface area contributed by atoms with Crippen LogP contribution in [0.15, 0.2) is 12.1 Å². The number of nitrogens with zero attached hydrogens (tertiary/aromatic N) is 3. The summed E-state index contributed by atoms with van der Waals surface area (Å²) in [6.07, 6.45) is 3.41. The molecular formula is C13H16N4O3. The van der Waals surface area contributed by atoms with E-state index in [0.717, 1.165) is 25.7 Å². The maximum atomic E-state index is 10.7. The van der Waals surface area contributed by atoms with Gasteiger partial charge < -0.3 is 10.4 Å². The second-order valence-electron chi connectivity index (χ2n) is 5.00. The standard InChI is InChI=1S/C13H16N4O3/c14-7-11-12(17(19)20)4-5-13(16-11)15-8-9-2-1-3-10(18)6-9/h4-5,9-10,18H,1-3,6,8H2,(H,15,16). The molecule has 1 aliphatic carbocycles. The van der Waals surface area contributed by atoms with Crippen molar-refractivity contribution in [3.05, 3.63) is 27.9 Å². The van der Waals surface area contributed by atoms with Gasteiger partial charge in [-0.3, -0.25) is 10.1 Å². The zero-order valence-corrected chi connectivity index (χ0v) is 11.0. The molecule has 0 aromatic carbocycles. The van der Waals surface area contributed by atoms with Crippen LogP contribution in [0.1, 0.15) is 31.4 Å². The van der Waals surface area contributed by atoms with Crippen molar-refractivity contribution in [3.8, 4) is 6.07 Å². The van der Waals surface area contributed by atoms with Crippen LogP contribution < -0.4 is 5.32 Å². The third kappa shape index (κ3) is 3.42. The number of nitriles is 1. The minimum Gasteiger partial charge on any atom is -0.393 e. The van der Waals surface area contributed by atoms with E-state index in [-0.39, 0.29) is 17.5 Å². The van der Waals surface area contributed by atoms with Crippen LogP contribution in [0.4, 0.5) is 11.5 Å². The molecule has 1 saturated carbocycles. The van der Waals surface area contributed by atoms with E-state index in [1.54, 1.807) is 6.07 Å². The Bertz CT molecular complexity index is 541. The van der Waals surface area contributed by atoms with E-state index >= 15 is 0 Å². The third-order valence-electron chi connectivity index (χ3n) is 3.50. The van der Waals surface area contributed by atoms with Gasteiger partial charge in [-0.25, -0.2) is 4.98 Å². The zero-order valence-electron chi connectivity index (χ0n) is 11.0. The number of nitro groups is 1. The van der Waals surface area contributed by atoms with E-state index in [4.69, 9.17) is 5.26 Å². The second-order valence-corrected chi connectivity index (χ2v) is 5.00. The molecule has 0 aliphatic heterocycles. The van der Waals surface area contributed by atoms with Crippen molar-refractivity contribution in [2.45, 2.75) is 31.8 Å². The zero-order chi connectivity index (χ0) is 14.5. The number of aliphatic hydroxyl groups is 1. The summed E-state index contributed by atoms with van der Waals surface area (Å²) in [5, 5.41) is 32.2. The highest BCUT2D eigenvalue weighted by atomic mass is 16.6. The van der Waals surface area contributed by atoms with Gasteiger partial charge in [0.15, 0.2) is 0 Å². The Morgan fingerprint density at radius 1 is 1.55 bits per heavy atom. The first-order valence-electron chi connectivity index (χ1n) is 6.57. The van der Waals surface area contributed by atoms with Crippen molar-refractivity contribution < 1.29 is 10.0 Å². The SMILES string of the molecule is N#Cc1nc(NCC2CCCC(O)C2)ccc1[N+](=O)[O-]. The van der Waals surface area contributed by atoms with Gasteiger partial charge in [0.05, 0.1) is 11.0 Å². The first kappa shape index (κ1) is 14.2. The Hall–Kier alpha value is -2.20. The first-order valence-corrected chi connectivity index (χ1v) is 6.57. The van der Waals surface area contributed by atoms with Gasteiger partial charge in [0.1, 0.15) is 11.9 Å². The van der Waals surface area contributed by atoms with Crippen molar-refractivity contribution in [3.63, 3.8) is 0 Å². The van der Waals surface area contributed by atoms with E-state index in [0.29, 0.717) is 18.3 Å². The summed E-state index contributed by atoms with van der Waals surface area (Å²) in [5.41, 5.74) is -0.477. The lowest BCUT2D eigenvalue weighted by Gasteiger charge is -2.26. The van der Waals surface area contributed by atoms with Gasteiger partial charge in [0.25, 0.3) is 0 Å². The summed E-state index contributed by atoms with van der Waals surface area (Å²) in [5.74, 6) is 0.813. The van der Waals surface area contributed by atoms with Gasteiger partial charge in [0, 0.05) is 12.6 Å². The minimum atomic E-state index is -0.618. The third-order valence-corrected chi connectivity index (χ3v) is 3.50. The lowest BCUT2D eigenvalue weighted by molar-refractivity contribution is -0.385. The Morgan fingerprint density at radius 2 is 2.35 bits per heavy atom. The molecule has 2 atom stereocenters. The van der Waals surface area contributed by atoms with Crippen molar-refractivity contribution in [2.75, 3.05) is 11.9 Å². The number of aliphatic hydroxyl groups excluding tert-OH is 1. The molecule has 7 nitrogen and oxygen atoms in total. The predicted octanol–water partition coefficient (Wildman–Crippen LogP) is 1.82. The van der Waals surface area contributed by atoms with E-state index in [1.165, 1.54) is 12.1 Å². The molecule has 1 aromatic rings. The fraction of sp³-hybridized carbons (Fsp3) is 0.538. The van der Waals surface area contributed by atoms with Crippen LogP contribution in [0.25, 0.3) is 0 Å². The Kier molecular flexibility index (Phi) is 4.48. The number of nitrogens with one attached hydrogen (secondary N) is 1. The molecule has 20 heavy (non-hydrogen) atoms. The summed E-state index contributed by atoms with van der Waals surface area (Å²) in [6.45, 7) is 0.646. The summed E-state index contributed by atoms with van der Waals surface area (Å²) >= 11 is 0. The molecule has 2 N–H and O–H groups in total. The van der Waals surface area contributed by atoms with E-state index in [1.807, 2.05) is 0 Å². The van der Waals surface area contributed by atoms with Crippen LogP contribution in [0.5, 0.6) is 0 Å². The molecule has 7 heteroatoms. The van der Waals surface area contributed by atoms with Gasteiger partial charge in [-0.1, -0.05) is 6.42 Å². The number of hydrogen-bond donors (Lipinski definition) is 2. The number of anilines is 1. The van der Waals surface area contributed by atoms with Gasteiger partial charge >= 0.3 is 5.69 Å². The van der Waals surface area contributed by atoms with Crippen LogP contribution in [0.3, 0.4) is 0 Å². The van der Waals surface area contributed by atoms with Gasteiger partial charge in [-0.2, -0.15) is 5.26 Å². The van der Waals surface area contributed by atoms with Crippen molar-refractivity contribution in [1.82, 2.24) is 4.98 Å². The smallest absolute Gasteiger partial charge is 0.305 e. The Morgan fingerprint density at radius 3 is 3.00 bits per heavy atom. The number of aromatic nitrogens is 1. The minimum absolute atomic E-state index is 0.191. The summed E-state index contributed by atoms with van der Waals surface area (Å²) in [4.78, 5) is 14.0. The number of hydrogen-bond acceptors (Lipinski definition) is 6. The molecule has 1 fully saturated rings. The fourth-order valence-electron chi connectivity index (χ4n) is 2.48. The summed E-state index contributed by atoms with van der Waals surface area (Å²) < 4.78 is 0. The highest BCUT2D eigenvalue weighted by Crippen LogP contribution is 2.25. The highest BCUT2D eigenvalue weighted by molar-refractivity contribution is 5.50. The first-order chi connectivity index (χ1) is 9.60. The maximum Gasteiger partial charge on any atom is 0.305 e. The molecule has 0 amide bonds. The molecule has 1 aromatic heterocycles. The topological polar surface area (TPSA) is 112 Å². The average molecular weight is 276 g/mol. The molecule has 0 bridgehead atoms. The Balaban J connectivity index is 2.00. The lowest BCUT2D eigenvalue weighted by atomic mass is 9.87. The lowest BCUT2D eigenvalue weighted by Crippen LogP contribution is -2.25. The van der Waals surface area contributed by atoms with Crippen molar-refractivity contribution in [1.29, 1.82) is 5.26 Å². The van der Waals surface area contributed by atoms with Gasteiger partial charge in [-0.05, 0) is 31.2 Å². The molecule has 1 aliphatic rings. The molecule has 1 heterocycles. The van der Waals surface area contributed by atoms with Crippen LogP contribution in [-0.2, 0) is 0 Å². The van der Waals surface area contributed by atoms with Crippen LogP contribution in [0, 0.1) is 27.4 Å². The predicted molar refractivity (Wildman–Crippen MR) is 72.1 cm³/mol. The normalized spacial score (nSPS) is 22.0. The highest BCUT2D eigenvalue weighted by Gasteiger charge is 2.20. The molecular weight excluding hydrogens is 260 g/mol. The molecule has 0 spiro atoms. The molecule has 0 saturated heterocycles. The fourth-order valence-corrected chi connectivity index (χ4v) is 2.48. The van der Waals surface area contributed by atoms with E-state index in [2.05, 4.69) is 10.3 Å². The summed E-state index contributed by atoms with van der Waals surface area (Å²) in [7, 11) is 0.